The summed E-state index contributed by atoms with van der Waals surface area (Å²) >= 11 is 6.14. The highest BCUT2D eigenvalue weighted by molar-refractivity contribution is 6.30. The summed E-state index contributed by atoms with van der Waals surface area (Å²) in [6, 6.07) is 7.32. The number of nitrogens with zero attached hydrogens (tertiary/aromatic N) is 5. The summed E-state index contributed by atoms with van der Waals surface area (Å²) in [7, 11) is 1.48. The second-order valence-electron chi connectivity index (χ2n) is 7.02. The number of rotatable bonds is 3. The van der Waals surface area contributed by atoms with Crippen LogP contribution < -0.4 is 16.1 Å². The van der Waals surface area contributed by atoms with Gasteiger partial charge in [-0.3, -0.25) is 14.2 Å². The van der Waals surface area contributed by atoms with Gasteiger partial charge >= 0.3 is 11.7 Å². The number of carboxylic acid groups (broad SMARTS) is 1. The Morgan fingerprint density at radius 2 is 2.07 bits per heavy atom. The Labute approximate surface area is 164 Å². The fraction of sp³-hybridized carbons (Fsp3) is 0.333. The normalized spacial score (nSPS) is 16.4. The number of aryl methyl sites for hydroxylation is 1. The van der Waals surface area contributed by atoms with Crippen molar-refractivity contribution in [3.05, 3.63) is 50.1 Å². The predicted molar refractivity (Wildman–Crippen MR) is 104 cm³/mol. The largest absolute Gasteiger partial charge is 0.480 e. The Hall–Kier alpha value is -3.07. The molecule has 1 N–H and O–H groups in total. The lowest BCUT2D eigenvalue weighted by atomic mass is 10.1. The summed E-state index contributed by atoms with van der Waals surface area (Å²) < 4.78 is 3.69. The van der Waals surface area contributed by atoms with E-state index in [1.807, 2.05) is 30.0 Å². The van der Waals surface area contributed by atoms with Crippen LogP contribution in [0.5, 0.6) is 0 Å². The third kappa shape index (κ3) is 2.78. The van der Waals surface area contributed by atoms with Gasteiger partial charge in [0.05, 0.1) is 0 Å². The first-order chi connectivity index (χ1) is 13.3. The van der Waals surface area contributed by atoms with Crippen LogP contribution in [-0.4, -0.2) is 36.3 Å². The number of hydrogen-bond donors (Lipinski definition) is 1. The maximum atomic E-state index is 13.0. The molecule has 0 spiro atoms. The molecule has 0 aliphatic carbocycles. The van der Waals surface area contributed by atoms with Gasteiger partial charge in [-0.15, -0.1) is 0 Å². The van der Waals surface area contributed by atoms with Crippen molar-refractivity contribution in [3.63, 3.8) is 0 Å². The number of aromatic nitrogens is 4. The van der Waals surface area contributed by atoms with Gasteiger partial charge in [0.15, 0.2) is 11.2 Å². The van der Waals surface area contributed by atoms with Gasteiger partial charge < -0.3 is 14.6 Å². The van der Waals surface area contributed by atoms with Crippen molar-refractivity contribution in [2.75, 3.05) is 11.4 Å². The fourth-order valence-electron chi connectivity index (χ4n) is 3.64. The summed E-state index contributed by atoms with van der Waals surface area (Å²) in [5.41, 5.74) is -0.0896. The van der Waals surface area contributed by atoms with Crippen LogP contribution in [0.15, 0.2) is 33.9 Å². The Kier molecular flexibility index (Phi) is 4.26. The van der Waals surface area contributed by atoms with Crippen molar-refractivity contribution >= 4 is 40.4 Å². The lowest BCUT2D eigenvalue weighted by Crippen LogP contribution is -2.41. The molecule has 1 atom stereocenters. The summed E-state index contributed by atoms with van der Waals surface area (Å²) in [6.45, 7) is 2.55. The van der Waals surface area contributed by atoms with E-state index in [9.17, 15) is 14.4 Å². The van der Waals surface area contributed by atoms with Gasteiger partial charge in [0.2, 0.25) is 5.95 Å². The zero-order valence-corrected chi connectivity index (χ0v) is 16.0. The van der Waals surface area contributed by atoms with Crippen LogP contribution in [0.2, 0.25) is 5.02 Å². The first-order valence-electron chi connectivity index (χ1n) is 8.73. The number of carbonyl (C=O) groups is 1. The maximum Gasteiger partial charge on any atom is 0.333 e. The van der Waals surface area contributed by atoms with E-state index in [1.54, 1.807) is 10.6 Å². The second kappa shape index (κ2) is 6.52. The van der Waals surface area contributed by atoms with Crippen molar-refractivity contribution in [2.24, 2.45) is 13.0 Å². The Balaban J connectivity index is 2.02. The van der Waals surface area contributed by atoms with Gasteiger partial charge in [0.25, 0.3) is 5.56 Å². The van der Waals surface area contributed by atoms with Gasteiger partial charge in [-0.05, 0) is 24.1 Å². The van der Waals surface area contributed by atoms with Gasteiger partial charge in [-0.1, -0.05) is 24.6 Å². The molecule has 1 aliphatic heterocycles. The second-order valence-corrected chi connectivity index (χ2v) is 7.45. The van der Waals surface area contributed by atoms with Gasteiger partial charge in [-0.25, -0.2) is 9.36 Å². The zero-order chi connectivity index (χ0) is 20.2. The number of imidazole rings is 1. The predicted octanol–water partition coefficient (Wildman–Crippen LogP) is 1.42. The Morgan fingerprint density at radius 3 is 2.75 bits per heavy atom. The number of anilines is 2. The summed E-state index contributed by atoms with van der Waals surface area (Å²) in [5, 5.41) is 9.65. The Bertz CT molecular complexity index is 1230. The number of halogens is 1. The first kappa shape index (κ1) is 18.3. The van der Waals surface area contributed by atoms with Crippen LogP contribution in [0.25, 0.3) is 11.2 Å². The van der Waals surface area contributed by atoms with Crippen LogP contribution >= 0.6 is 11.6 Å². The zero-order valence-electron chi connectivity index (χ0n) is 15.3. The molecule has 146 valence electrons. The summed E-state index contributed by atoms with van der Waals surface area (Å²) in [4.78, 5) is 43.1. The number of hydrogen-bond acceptors (Lipinski definition) is 5. The SMILES string of the molecule is C[C@@H]1CN(c2cccc(Cl)c2)c2nc3c(c(=O)n(CC(=O)O)c(=O)n3C)n2C1. The van der Waals surface area contributed by atoms with Crippen molar-refractivity contribution in [3.8, 4) is 0 Å². The van der Waals surface area contributed by atoms with Crippen LogP contribution in [-0.2, 0) is 24.9 Å². The molecular weight excluding hydrogens is 386 g/mol. The molecule has 0 unspecified atom stereocenters. The topological polar surface area (TPSA) is 102 Å². The van der Waals surface area contributed by atoms with E-state index >= 15 is 0 Å². The number of benzene rings is 1. The Morgan fingerprint density at radius 1 is 1.32 bits per heavy atom. The van der Waals surface area contributed by atoms with Crippen LogP contribution in [0.1, 0.15) is 6.92 Å². The maximum absolute atomic E-state index is 13.0. The molecule has 10 heteroatoms. The third-order valence-electron chi connectivity index (χ3n) is 4.86. The van der Waals surface area contributed by atoms with Crippen LogP contribution in [0.4, 0.5) is 11.6 Å². The van der Waals surface area contributed by atoms with Crippen LogP contribution in [0, 0.1) is 5.92 Å². The van der Waals surface area contributed by atoms with Crippen molar-refractivity contribution in [1.82, 2.24) is 18.7 Å². The molecule has 28 heavy (non-hydrogen) atoms. The van der Waals surface area contributed by atoms with E-state index in [4.69, 9.17) is 16.7 Å². The highest BCUT2D eigenvalue weighted by Crippen LogP contribution is 2.33. The lowest BCUT2D eigenvalue weighted by molar-refractivity contribution is -0.137. The van der Waals surface area contributed by atoms with Crippen molar-refractivity contribution in [2.45, 2.75) is 20.0 Å². The summed E-state index contributed by atoms with van der Waals surface area (Å²) in [5.74, 6) is -0.546. The van der Waals surface area contributed by atoms with Gasteiger partial charge in [0, 0.05) is 30.8 Å². The molecule has 2 aromatic heterocycles. The quantitative estimate of drug-likeness (QED) is 0.709. The molecule has 1 aliphatic rings. The van der Waals surface area contributed by atoms with E-state index in [-0.39, 0.29) is 17.1 Å². The van der Waals surface area contributed by atoms with E-state index in [0.717, 1.165) is 10.3 Å². The number of aliphatic carboxylic acids is 1. The van der Waals surface area contributed by atoms with Crippen LogP contribution in [0.3, 0.4) is 0 Å². The van der Waals surface area contributed by atoms with E-state index in [1.165, 1.54) is 11.6 Å². The van der Waals surface area contributed by atoms with Crippen molar-refractivity contribution in [1.29, 1.82) is 0 Å². The monoisotopic (exact) mass is 403 g/mol. The standard InChI is InChI=1S/C18H18ClN5O4/c1-10-7-22(12-5-3-4-11(19)6-12)17-20-15-14(23(17)8-10)16(27)24(9-13(25)26)18(28)21(15)2/h3-6,10H,7-9H2,1-2H3,(H,25,26)/t10-/m1/s1. The fourth-order valence-corrected chi connectivity index (χ4v) is 3.83. The molecule has 0 saturated carbocycles. The third-order valence-corrected chi connectivity index (χ3v) is 5.09. The molecule has 1 aromatic carbocycles. The molecule has 9 nitrogen and oxygen atoms in total. The molecule has 0 radical (unpaired) electrons. The minimum absolute atomic E-state index is 0.188. The first-order valence-corrected chi connectivity index (χ1v) is 9.10. The molecular formula is C18H18ClN5O4. The highest BCUT2D eigenvalue weighted by Gasteiger charge is 2.30. The lowest BCUT2D eigenvalue weighted by Gasteiger charge is -2.33. The van der Waals surface area contributed by atoms with Gasteiger partial charge in [-0.2, -0.15) is 4.98 Å². The molecule has 3 heterocycles. The minimum atomic E-state index is -1.26. The van der Waals surface area contributed by atoms with E-state index < -0.39 is 23.8 Å². The molecule has 0 bridgehead atoms. The minimum Gasteiger partial charge on any atom is -0.480 e. The molecule has 4 rings (SSSR count). The molecule has 3 aromatic rings. The number of fused-ring (bicyclic) bond motifs is 3. The van der Waals surface area contributed by atoms with Gasteiger partial charge in [0.1, 0.15) is 6.54 Å². The molecule has 0 fully saturated rings. The van der Waals surface area contributed by atoms with E-state index in [2.05, 4.69) is 4.98 Å². The van der Waals surface area contributed by atoms with E-state index in [0.29, 0.717) is 24.1 Å². The average molecular weight is 404 g/mol. The summed E-state index contributed by atoms with van der Waals surface area (Å²) in [6.07, 6.45) is 0. The highest BCUT2D eigenvalue weighted by atomic mass is 35.5. The molecule has 0 amide bonds. The smallest absolute Gasteiger partial charge is 0.333 e. The number of carboxylic acids is 1. The average Bonchev–Trinajstić information content (AvgIpc) is 3.02. The molecule has 0 saturated heterocycles. The van der Waals surface area contributed by atoms with Crippen molar-refractivity contribution < 1.29 is 9.90 Å².